The maximum absolute atomic E-state index is 2.44. The molecule has 0 saturated heterocycles. The van der Waals surface area contributed by atoms with Crippen molar-refractivity contribution in [1.82, 2.24) is 4.90 Å². The number of hydrogen-bond donors (Lipinski definition) is 0. The third-order valence-electron chi connectivity index (χ3n) is 2.50. The largest absolute Gasteiger partial charge is 0.306 e. The van der Waals surface area contributed by atoms with Crippen LogP contribution in [0.1, 0.15) is 38.5 Å². The lowest BCUT2D eigenvalue weighted by molar-refractivity contribution is 0.331. The minimum atomic E-state index is 1.23. The van der Waals surface area contributed by atoms with Crippen molar-refractivity contribution in [2.45, 2.75) is 38.5 Å². The van der Waals surface area contributed by atoms with Crippen molar-refractivity contribution in [2.75, 3.05) is 20.1 Å². The van der Waals surface area contributed by atoms with Gasteiger partial charge in [0.25, 0.3) is 0 Å². The van der Waals surface area contributed by atoms with Gasteiger partial charge in [-0.2, -0.15) is 0 Å². The van der Waals surface area contributed by atoms with Crippen molar-refractivity contribution in [3.05, 3.63) is 12.2 Å². The fourth-order valence-electron chi connectivity index (χ4n) is 1.64. The smallest absolute Gasteiger partial charge is 0.00128 e. The van der Waals surface area contributed by atoms with Gasteiger partial charge in [-0.25, -0.2) is 0 Å². The Kier molecular flexibility index (Phi) is 5.09. The number of nitrogens with zero attached hydrogens (tertiary/aromatic N) is 1. The van der Waals surface area contributed by atoms with Crippen molar-refractivity contribution in [3.63, 3.8) is 0 Å². The van der Waals surface area contributed by atoms with Gasteiger partial charge in [0.2, 0.25) is 0 Å². The topological polar surface area (TPSA) is 3.24 Å². The predicted molar refractivity (Wildman–Crippen MR) is 54.3 cm³/mol. The lowest BCUT2D eigenvalue weighted by Gasteiger charge is -2.14. The van der Waals surface area contributed by atoms with E-state index in [9.17, 15) is 0 Å². The summed E-state index contributed by atoms with van der Waals surface area (Å²) in [4.78, 5) is 2.44. The third-order valence-corrected chi connectivity index (χ3v) is 2.50. The summed E-state index contributed by atoms with van der Waals surface area (Å²) >= 11 is 0. The molecule has 1 nitrogen and oxygen atoms in total. The highest BCUT2D eigenvalue weighted by molar-refractivity contribution is 4.82. The van der Waals surface area contributed by atoms with Crippen LogP contribution >= 0.6 is 0 Å². The van der Waals surface area contributed by atoms with Crippen LogP contribution in [0.2, 0.25) is 0 Å². The van der Waals surface area contributed by atoms with Crippen molar-refractivity contribution < 1.29 is 0 Å². The van der Waals surface area contributed by atoms with Crippen LogP contribution in [0.3, 0.4) is 0 Å². The molecule has 0 amide bonds. The molecule has 0 saturated carbocycles. The number of hydrogen-bond acceptors (Lipinski definition) is 1. The summed E-state index contributed by atoms with van der Waals surface area (Å²) in [6, 6.07) is 0. The van der Waals surface area contributed by atoms with E-state index in [1.165, 1.54) is 51.6 Å². The Morgan fingerprint density at radius 3 is 2.50 bits per heavy atom. The first-order valence-corrected chi connectivity index (χ1v) is 5.23. The van der Waals surface area contributed by atoms with Gasteiger partial charge < -0.3 is 4.90 Å². The van der Waals surface area contributed by atoms with E-state index in [1.54, 1.807) is 0 Å². The fourth-order valence-corrected chi connectivity index (χ4v) is 1.64. The highest BCUT2D eigenvalue weighted by atomic mass is 15.1. The normalized spacial score (nSPS) is 23.4. The Balaban J connectivity index is 2.22. The quantitative estimate of drug-likeness (QED) is 0.501. The third kappa shape index (κ3) is 4.55. The van der Waals surface area contributed by atoms with Gasteiger partial charge in [-0.05, 0) is 39.3 Å². The zero-order valence-electron chi connectivity index (χ0n) is 8.26. The zero-order chi connectivity index (χ0) is 8.65. The van der Waals surface area contributed by atoms with Gasteiger partial charge in [-0.1, -0.05) is 25.0 Å². The maximum Gasteiger partial charge on any atom is 0.00128 e. The molecule has 0 unspecified atom stereocenters. The van der Waals surface area contributed by atoms with Gasteiger partial charge in [-0.3, -0.25) is 0 Å². The van der Waals surface area contributed by atoms with Crippen LogP contribution in [-0.4, -0.2) is 25.0 Å². The molecule has 0 radical (unpaired) electrons. The summed E-state index contributed by atoms with van der Waals surface area (Å²) < 4.78 is 0. The molecule has 12 heavy (non-hydrogen) atoms. The van der Waals surface area contributed by atoms with Gasteiger partial charge in [-0.15, -0.1) is 0 Å². The van der Waals surface area contributed by atoms with Gasteiger partial charge >= 0.3 is 0 Å². The molecule has 1 heterocycles. The first-order valence-electron chi connectivity index (χ1n) is 5.23. The zero-order valence-corrected chi connectivity index (χ0v) is 8.26. The minimum Gasteiger partial charge on any atom is -0.306 e. The summed E-state index contributed by atoms with van der Waals surface area (Å²) in [5.74, 6) is 0. The summed E-state index contributed by atoms with van der Waals surface area (Å²) in [5, 5.41) is 0. The van der Waals surface area contributed by atoms with Crippen LogP contribution in [0.5, 0.6) is 0 Å². The van der Waals surface area contributed by atoms with Crippen molar-refractivity contribution in [1.29, 1.82) is 0 Å². The summed E-state index contributed by atoms with van der Waals surface area (Å²) in [7, 11) is 2.23. The molecule has 0 atom stereocenters. The highest BCUT2D eigenvalue weighted by Crippen LogP contribution is 2.06. The Bertz CT molecular complexity index is 129. The van der Waals surface area contributed by atoms with Gasteiger partial charge in [0, 0.05) is 6.54 Å². The van der Waals surface area contributed by atoms with E-state index in [1.807, 2.05) is 0 Å². The van der Waals surface area contributed by atoms with Crippen LogP contribution < -0.4 is 0 Å². The monoisotopic (exact) mass is 167 g/mol. The Morgan fingerprint density at radius 2 is 1.58 bits per heavy atom. The van der Waals surface area contributed by atoms with Crippen LogP contribution in [0.4, 0.5) is 0 Å². The molecule has 0 aliphatic carbocycles. The fraction of sp³-hybridized carbons (Fsp3) is 0.818. The van der Waals surface area contributed by atoms with Gasteiger partial charge in [0.05, 0.1) is 0 Å². The number of allylic oxidation sites excluding steroid dienone is 1. The van der Waals surface area contributed by atoms with Crippen LogP contribution in [0, 0.1) is 0 Å². The lowest BCUT2D eigenvalue weighted by atomic mass is 10.1. The average Bonchev–Trinajstić information content (AvgIpc) is 2.11. The molecule has 70 valence electrons. The Labute approximate surface area is 76.5 Å². The molecule has 0 aromatic heterocycles. The summed E-state index contributed by atoms with van der Waals surface area (Å²) in [6.07, 6.45) is 12.8. The lowest BCUT2D eigenvalue weighted by Crippen LogP contribution is -2.20. The molecule has 0 N–H and O–H groups in total. The second-order valence-electron chi connectivity index (χ2n) is 3.77. The molecule has 1 rings (SSSR count). The molecule has 0 fully saturated rings. The molecule has 0 aromatic rings. The van der Waals surface area contributed by atoms with Crippen molar-refractivity contribution in [2.24, 2.45) is 0 Å². The van der Waals surface area contributed by atoms with E-state index in [-0.39, 0.29) is 0 Å². The maximum atomic E-state index is 2.44. The SMILES string of the molecule is CN1CCC=CCCCCCC1. The molecule has 0 bridgehead atoms. The molecular formula is C11H21N. The Morgan fingerprint density at radius 1 is 0.833 bits per heavy atom. The van der Waals surface area contributed by atoms with Crippen LogP contribution in [0.15, 0.2) is 12.2 Å². The molecular weight excluding hydrogens is 146 g/mol. The van der Waals surface area contributed by atoms with Gasteiger partial charge in [0.15, 0.2) is 0 Å². The standard InChI is InChI=1S/C11H21N/c1-12-10-8-6-4-2-3-5-7-9-11-12/h4,6H,2-3,5,7-11H2,1H3. The molecule has 0 spiro atoms. The van der Waals surface area contributed by atoms with Crippen LogP contribution in [-0.2, 0) is 0 Å². The second-order valence-corrected chi connectivity index (χ2v) is 3.77. The van der Waals surface area contributed by atoms with E-state index in [0.717, 1.165) is 0 Å². The predicted octanol–water partition coefficient (Wildman–Crippen LogP) is 2.83. The van der Waals surface area contributed by atoms with E-state index in [0.29, 0.717) is 0 Å². The summed E-state index contributed by atoms with van der Waals surface area (Å²) in [5.41, 5.74) is 0. The van der Waals surface area contributed by atoms with Crippen molar-refractivity contribution >= 4 is 0 Å². The minimum absolute atomic E-state index is 1.23. The molecule has 1 aliphatic heterocycles. The highest BCUT2D eigenvalue weighted by Gasteiger charge is 1.97. The van der Waals surface area contributed by atoms with Crippen LogP contribution in [0.25, 0.3) is 0 Å². The van der Waals surface area contributed by atoms with Crippen molar-refractivity contribution in [3.8, 4) is 0 Å². The Hall–Kier alpha value is -0.300. The first-order chi connectivity index (χ1) is 5.89. The molecule has 0 aromatic carbocycles. The van der Waals surface area contributed by atoms with Gasteiger partial charge in [0.1, 0.15) is 0 Å². The second kappa shape index (κ2) is 6.24. The molecule has 1 heteroatoms. The van der Waals surface area contributed by atoms with E-state index >= 15 is 0 Å². The van der Waals surface area contributed by atoms with E-state index in [4.69, 9.17) is 0 Å². The van der Waals surface area contributed by atoms with E-state index in [2.05, 4.69) is 24.1 Å². The molecule has 1 aliphatic rings. The van der Waals surface area contributed by atoms with E-state index < -0.39 is 0 Å². The summed E-state index contributed by atoms with van der Waals surface area (Å²) in [6.45, 7) is 2.52. The average molecular weight is 167 g/mol. The number of rotatable bonds is 0. The first kappa shape index (κ1) is 9.79.